The van der Waals surface area contributed by atoms with Gasteiger partial charge in [0.05, 0.1) is 11.9 Å². The molecule has 8 heteroatoms. The SMILES string of the molecule is Cc1ccc(C2(C)NC(=O)N(CC(=O)NCCc3cnn(-c4ccccc4)c3)C2=O)cc1. The number of nitrogens with one attached hydrogen (secondary N) is 2. The first-order chi connectivity index (χ1) is 15.4. The number of aromatic nitrogens is 2. The summed E-state index contributed by atoms with van der Waals surface area (Å²) in [6, 6.07) is 16.6. The van der Waals surface area contributed by atoms with E-state index in [1.165, 1.54) is 0 Å². The monoisotopic (exact) mass is 431 g/mol. The van der Waals surface area contributed by atoms with Gasteiger partial charge in [0.1, 0.15) is 12.1 Å². The van der Waals surface area contributed by atoms with Gasteiger partial charge >= 0.3 is 6.03 Å². The second kappa shape index (κ2) is 8.66. The zero-order valence-electron chi connectivity index (χ0n) is 18.0. The summed E-state index contributed by atoms with van der Waals surface area (Å²) in [6.45, 7) is 3.65. The largest absolute Gasteiger partial charge is 0.354 e. The van der Waals surface area contributed by atoms with Gasteiger partial charge in [-0.2, -0.15) is 5.10 Å². The summed E-state index contributed by atoms with van der Waals surface area (Å²) in [5, 5.41) is 9.83. The van der Waals surface area contributed by atoms with Crippen LogP contribution in [-0.2, 0) is 21.5 Å². The Kier molecular flexibility index (Phi) is 5.77. The first-order valence-electron chi connectivity index (χ1n) is 10.4. The standard InChI is InChI=1S/C24H25N5O3/c1-17-8-10-19(11-9-17)24(2)22(31)28(23(32)27-24)16-21(30)25-13-12-18-14-26-29(15-18)20-6-4-3-5-7-20/h3-11,14-15H,12-13,16H2,1-2H3,(H,25,30)(H,27,32). The summed E-state index contributed by atoms with van der Waals surface area (Å²) in [5.74, 6) is -0.831. The molecule has 2 N–H and O–H groups in total. The zero-order chi connectivity index (χ0) is 22.7. The number of carbonyl (C=O) groups is 3. The minimum atomic E-state index is -1.18. The van der Waals surface area contributed by atoms with Crippen molar-refractivity contribution in [3.8, 4) is 5.69 Å². The maximum absolute atomic E-state index is 12.9. The first-order valence-corrected chi connectivity index (χ1v) is 10.4. The van der Waals surface area contributed by atoms with Crippen molar-refractivity contribution >= 4 is 17.8 Å². The maximum atomic E-state index is 12.9. The van der Waals surface area contributed by atoms with Gasteiger partial charge < -0.3 is 10.6 Å². The van der Waals surface area contributed by atoms with E-state index in [9.17, 15) is 14.4 Å². The number of hydrogen-bond donors (Lipinski definition) is 2. The van der Waals surface area contributed by atoms with Crippen LogP contribution in [0.5, 0.6) is 0 Å². The van der Waals surface area contributed by atoms with Crippen LogP contribution >= 0.6 is 0 Å². The van der Waals surface area contributed by atoms with Crippen LogP contribution in [0.2, 0.25) is 0 Å². The molecular weight excluding hydrogens is 406 g/mol. The number of carbonyl (C=O) groups excluding carboxylic acids is 3. The average molecular weight is 431 g/mol. The molecule has 1 aliphatic heterocycles. The molecule has 32 heavy (non-hydrogen) atoms. The molecule has 0 radical (unpaired) electrons. The average Bonchev–Trinajstić information content (AvgIpc) is 3.34. The summed E-state index contributed by atoms with van der Waals surface area (Å²) in [6.07, 6.45) is 4.25. The van der Waals surface area contributed by atoms with Crippen molar-refractivity contribution in [2.24, 2.45) is 0 Å². The van der Waals surface area contributed by atoms with Gasteiger partial charge in [0.15, 0.2) is 0 Å². The number of para-hydroxylation sites is 1. The van der Waals surface area contributed by atoms with Gasteiger partial charge in [0.2, 0.25) is 5.91 Å². The number of imide groups is 1. The molecule has 2 heterocycles. The number of hydrogen-bond acceptors (Lipinski definition) is 4. The summed E-state index contributed by atoms with van der Waals surface area (Å²) in [7, 11) is 0. The molecule has 2 aromatic carbocycles. The van der Waals surface area contributed by atoms with Crippen molar-refractivity contribution in [1.82, 2.24) is 25.3 Å². The molecule has 4 amide bonds. The number of rotatable bonds is 7. The molecule has 8 nitrogen and oxygen atoms in total. The summed E-state index contributed by atoms with van der Waals surface area (Å²) in [4.78, 5) is 38.7. The molecule has 164 valence electrons. The number of aryl methyl sites for hydroxylation is 1. The lowest BCUT2D eigenvalue weighted by Crippen LogP contribution is -2.43. The predicted octanol–water partition coefficient (Wildman–Crippen LogP) is 2.31. The Morgan fingerprint density at radius 3 is 2.53 bits per heavy atom. The van der Waals surface area contributed by atoms with E-state index < -0.39 is 23.4 Å². The van der Waals surface area contributed by atoms with Crippen LogP contribution in [0.4, 0.5) is 4.79 Å². The third-order valence-corrected chi connectivity index (χ3v) is 5.60. The van der Waals surface area contributed by atoms with Crippen LogP contribution < -0.4 is 10.6 Å². The van der Waals surface area contributed by atoms with Gasteiger partial charge in [-0.25, -0.2) is 9.48 Å². The zero-order valence-corrected chi connectivity index (χ0v) is 18.0. The number of benzene rings is 2. The minimum absolute atomic E-state index is 0.324. The third kappa shape index (κ3) is 4.25. The lowest BCUT2D eigenvalue weighted by Gasteiger charge is -2.22. The van der Waals surface area contributed by atoms with Gasteiger partial charge in [0.25, 0.3) is 5.91 Å². The Hall–Kier alpha value is -3.94. The van der Waals surface area contributed by atoms with Gasteiger partial charge in [-0.15, -0.1) is 0 Å². The van der Waals surface area contributed by atoms with E-state index in [2.05, 4.69) is 15.7 Å². The van der Waals surface area contributed by atoms with Crippen LogP contribution in [-0.4, -0.2) is 45.6 Å². The Morgan fingerprint density at radius 1 is 1.09 bits per heavy atom. The van der Waals surface area contributed by atoms with Crippen LogP contribution in [0, 0.1) is 6.92 Å². The van der Waals surface area contributed by atoms with Gasteiger partial charge in [-0.05, 0) is 43.5 Å². The predicted molar refractivity (Wildman–Crippen MR) is 119 cm³/mol. The maximum Gasteiger partial charge on any atom is 0.325 e. The molecule has 1 fully saturated rings. The molecule has 1 atom stereocenters. The molecule has 1 saturated heterocycles. The fourth-order valence-corrected chi connectivity index (χ4v) is 3.68. The van der Waals surface area contributed by atoms with E-state index in [-0.39, 0.29) is 6.54 Å². The summed E-state index contributed by atoms with van der Waals surface area (Å²) in [5.41, 5.74) is 2.48. The lowest BCUT2D eigenvalue weighted by molar-refractivity contribution is -0.134. The highest BCUT2D eigenvalue weighted by Gasteiger charge is 2.49. The molecule has 4 rings (SSSR count). The van der Waals surface area contributed by atoms with E-state index in [4.69, 9.17) is 0 Å². The molecule has 0 spiro atoms. The molecule has 0 aliphatic carbocycles. The second-order valence-corrected chi connectivity index (χ2v) is 8.04. The van der Waals surface area contributed by atoms with E-state index >= 15 is 0 Å². The second-order valence-electron chi connectivity index (χ2n) is 8.04. The highest BCUT2D eigenvalue weighted by Crippen LogP contribution is 2.28. The normalized spacial score (nSPS) is 18.0. The molecule has 1 aromatic heterocycles. The number of amides is 4. The highest BCUT2D eigenvalue weighted by molar-refractivity contribution is 6.09. The van der Waals surface area contributed by atoms with Crippen molar-refractivity contribution in [2.45, 2.75) is 25.8 Å². The van der Waals surface area contributed by atoms with Crippen molar-refractivity contribution in [2.75, 3.05) is 13.1 Å². The van der Waals surface area contributed by atoms with Gasteiger partial charge in [0, 0.05) is 12.7 Å². The van der Waals surface area contributed by atoms with E-state index in [0.29, 0.717) is 18.5 Å². The van der Waals surface area contributed by atoms with Crippen molar-refractivity contribution in [1.29, 1.82) is 0 Å². The van der Waals surface area contributed by atoms with Gasteiger partial charge in [-0.1, -0.05) is 48.0 Å². The Balaban J connectivity index is 1.31. The number of urea groups is 1. The smallest absolute Gasteiger partial charge is 0.325 e. The molecule has 1 unspecified atom stereocenters. The summed E-state index contributed by atoms with van der Waals surface area (Å²) < 4.78 is 1.77. The lowest BCUT2D eigenvalue weighted by atomic mass is 9.91. The quantitative estimate of drug-likeness (QED) is 0.561. The topological polar surface area (TPSA) is 96.3 Å². The van der Waals surface area contributed by atoms with Crippen LogP contribution in [0.15, 0.2) is 67.0 Å². The van der Waals surface area contributed by atoms with Crippen molar-refractivity contribution < 1.29 is 14.4 Å². The van der Waals surface area contributed by atoms with E-state index in [0.717, 1.165) is 21.7 Å². The van der Waals surface area contributed by atoms with E-state index in [1.54, 1.807) is 17.8 Å². The molecule has 3 aromatic rings. The molecule has 0 saturated carbocycles. The molecule has 0 bridgehead atoms. The molecular formula is C24H25N5O3. The van der Waals surface area contributed by atoms with Gasteiger partial charge in [-0.3, -0.25) is 14.5 Å². The third-order valence-electron chi connectivity index (χ3n) is 5.60. The van der Waals surface area contributed by atoms with Crippen molar-refractivity contribution in [3.05, 3.63) is 83.7 Å². The Labute approximate surface area is 186 Å². The van der Waals surface area contributed by atoms with Crippen molar-refractivity contribution in [3.63, 3.8) is 0 Å². The Bertz CT molecular complexity index is 1140. The minimum Gasteiger partial charge on any atom is -0.354 e. The highest BCUT2D eigenvalue weighted by atomic mass is 16.2. The van der Waals surface area contributed by atoms with Crippen LogP contribution in [0.3, 0.4) is 0 Å². The molecule has 1 aliphatic rings. The fourth-order valence-electron chi connectivity index (χ4n) is 3.68. The van der Waals surface area contributed by atoms with Crippen LogP contribution in [0.25, 0.3) is 5.69 Å². The Morgan fingerprint density at radius 2 is 1.81 bits per heavy atom. The van der Waals surface area contributed by atoms with Crippen LogP contribution in [0.1, 0.15) is 23.6 Å². The summed E-state index contributed by atoms with van der Waals surface area (Å²) >= 11 is 0. The van der Waals surface area contributed by atoms with E-state index in [1.807, 2.05) is 67.7 Å². The number of nitrogens with zero attached hydrogens (tertiary/aromatic N) is 3. The first kappa shape index (κ1) is 21.3. The fraction of sp³-hybridized carbons (Fsp3) is 0.250.